The number of nitrogens with zero attached hydrogens (tertiary/aromatic N) is 3. The lowest BCUT2D eigenvalue weighted by Gasteiger charge is -2.17. The van der Waals surface area contributed by atoms with Gasteiger partial charge >= 0.3 is 6.18 Å². The molecular weight excluding hydrogens is 393 g/mol. The van der Waals surface area contributed by atoms with Gasteiger partial charge in [0.2, 0.25) is 0 Å². The van der Waals surface area contributed by atoms with Gasteiger partial charge in [-0.1, -0.05) is 48.4 Å². The van der Waals surface area contributed by atoms with Crippen LogP contribution in [0.2, 0.25) is 5.02 Å². The predicted molar refractivity (Wildman–Crippen MR) is 99.4 cm³/mol. The summed E-state index contributed by atoms with van der Waals surface area (Å²) in [5.41, 5.74) is 0.542. The van der Waals surface area contributed by atoms with E-state index < -0.39 is 17.8 Å². The highest BCUT2D eigenvalue weighted by molar-refractivity contribution is 6.36. The third kappa shape index (κ3) is 3.82. The minimum absolute atomic E-state index is 0.125. The Kier molecular flexibility index (Phi) is 5.34. The highest BCUT2D eigenvalue weighted by Gasteiger charge is 2.36. The minimum Gasteiger partial charge on any atom is -0.344 e. The molecule has 1 aromatic carbocycles. The summed E-state index contributed by atoms with van der Waals surface area (Å²) >= 11 is 6.17. The number of hydrogen-bond donors (Lipinski definition) is 1. The number of aromatic nitrogens is 3. The third-order valence-electron chi connectivity index (χ3n) is 4.36. The predicted octanol–water partition coefficient (Wildman–Crippen LogP) is 4.90. The molecule has 1 amide bonds. The molecule has 5 nitrogen and oxygen atoms in total. The Hall–Kier alpha value is -2.61. The van der Waals surface area contributed by atoms with Crippen LogP contribution in [0.5, 0.6) is 0 Å². The number of benzene rings is 1. The Morgan fingerprint density at radius 2 is 1.89 bits per heavy atom. The quantitative estimate of drug-likeness (QED) is 0.665. The number of halogens is 4. The summed E-state index contributed by atoms with van der Waals surface area (Å²) in [4.78, 5) is 16.7. The molecule has 0 aliphatic heterocycles. The maximum atomic E-state index is 13.3. The lowest BCUT2D eigenvalue weighted by molar-refractivity contribution is -0.142. The molecule has 0 spiro atoms. The zero-order chi connectivity index (χ0) is 20.6. The van der Waals surface area contributed by atoms with Crippen LogP contribution in [0, 0.1) is 13.8 Å². The van der Waals surface area contributed by atoms with Crippen LogP contribution >= 0.6 is 11.6 Å². The second-order valence-electron chi connectivity index (χ2n) is 6.52. The van der Waals surface area contributed by atoms with Gasteiger partial charge < -0.3 is 5.32 Å². The van der Waals surface area contributed by atoms with Gasteiger partial charge in [-0.3, -0.25) is 4.79 Å². The van der Waals surface area contributed by atoms with Crippen LogP contribution in [0.3, 0.4) is 0 Å². The molecule has 1 unspecified atom stereocenters. The van der Waals surface area contributed by atoms with E-state index in [1.54, 1.807) is 0 Å². The van der Waals surface area contributed by atoms with Crippen LogP contribution in [0.1, 0.15) is 52.4 Å². The van der Waals surface area contributed by atoms with Crippen molar-refractivity contribution in [2.45, 2.75) is 39.4 Å². The van der Waals surface area contributed by atoms with Crippen molar-refractivity contribution in [2.75, 3.05) is 0 Å². The molecule has 2 aromatic heterocycles. The number of amides is 1. The lowest BCUT2D eigenvalue weighted by Crippen LogP contribution is -2.28. The first-order valence-electron chi connectivity index (χ1n) is 8.62. The molecule has 148 valence electrons. The number of carbonyl (C=O) groups is 1. The van der Waals surface area contributed by atoms with Gasteiger partial charge in [0.25, 0.3) is 5.91 Å². The Morgan fingerprint density at radius 1 is 1.25 bits per heavy atom. The smallest absolute Gasteiger partial charge is 0.344 e. The molecule has 0 bridgehead atoms. The fourth-order valence-electron chi connectivity index (χ4n) is 2.91. The van der Waals surface area contributed by atoms with Crippen LogP contribution in [-0.2, 0) is 6.18 Å². The van der Waals surface area contributed by atoms with Crippen molar-refractivity contribution >= 4 is 23.2 Å². The minimum atomic E-state index is -4.66. The number of rotatable bonds is 4. The number of carbonyl (C=O) groups excluding carboxylic acids is 1. The van der Waals surface area contributed by atoms with Gasteiger partial charge in [-0.05, 0) is 31.9 Å². The molecule has 9 heteroatoms. The van der Waals surface area contributed by atoms with Crippen molar-refractivity contribution < 1.29 is 18.0 Å². The van der Waals surface area contributed by atoms with Gasteiger partial charge in [-0.15, -0.1) is 0 Å². The maximum Gasteiger partial charge on any atom is 0.433 e. The van der Waals surface area contributed by atoms with Gasteiger partial charge in [0.15, 0.2) is 11.3 Å². The molecule has 0 aliphatic rings. The molecule has 1 atom stereocenters. The molecular formula is C19H18ClF3N4O. The van der Waals surface area contributed by atoms with Gasteiger partial charge in [0.05, 0.1) is 6.04 Å². The SMILES string of the molecule is CCC(NC(=O)c1nn2c(C(F)(F)F)cc(C)nc2c1Cl)c1ccc(C)cc1. The Labute approximate surface area is 164 Å². The van der Waals surface area contributed by atoms with Crippen LogP contribution < -0.4 is 5.32 Å². The molecule has 0 saturated heterocycles. The number of aryl methyl sites for hydroxylation is 2. The van der Waals surface area contributed by atoms with Crippen molar-refractivity contribution in [2.24, 2.45) is 0 Å². The summed E-state index contributed by atoms with van der Waals surface area (Å²) in [6, 6.07) is 8.16. The zero-order valence-corrected chi connectivity index (χ0v) is 16.2. The summed E-state index contributed by atoms with van der Waals surface area (Å²) in [6.07, 6.45) is -4.08. The van der Waals surface area contributed by atoms with Crippen molar-refractivity contribution in [1.29, 1.82) is 0 Å². The Bertz CT molecular complexity index is 1030. The van der Waals surface area contributed by atoms with Crippen molar-refractivity contribution in [3.8, 4) is 0 Å². The number of nitrogens with one attached hydrogen (secondary N) is 1. The third-order valence-corrected chi connectivity index (χ3v) is 4.71. The van der Waals surface area contributed by atoms with E-state index in [0.717, 1.165) is 17.2 Å². The monoisotopic (exact) mass is 410 g/mol. The summed E-state index contributed by atoms with van der Waals surface area (Å²) in [5.74, 6) is -0.659. The highest BCUT2D eigenvalue weighted by atomic mass is 35.5. The largest absolute Gasteiger partial charge is 0.433 e. The summed E-state index contributed by atoms with van der Waals surface area (Å²) in [7, 11) is 0. The van der Waals surface area contributed by atoms with Crippen LogP contribution in [-0.4, -0.2) is 20.5 Å². The van der Waals surface area contributed by atoms with Crippen molar-refractivity contribution in [3.63, 3.8) is 0 Å². The number of alkyl halides is 3. The second-order valence-corrected chi connectivity index (χ2v) is 6.90. The van der Waals surface area contributed by atoms with Crippen molar-refractivity contribution in [1.82, 2.24) is 19.9 Å². The average molecular weight is 411 g/mol. The molecule has 28 heavy (non-hydrogen) atoms. The molecule has 0 radical (unpaired) electrons. The Morgan fingerprint density at radius 3 is 2.46 bits per heavy atom. The second kappa shape index (κ2) is 7.43. The topological polar surface area (TPSA) is 59.3 Å². The Balaban J connectivity index is 2.00. The normalized spacial score (nSPS) is 13.0. The molecule has 0 fully saturated rings. The van der Waals surface area contributed by atoms with E-state index in [1.807, 2.05) is 38.1 Å². The highest BCUT2D eigenvalue weighted by Crippen LogP contribution is 2.32. The lowest BCUT2D eigenvalue weighted by atomic mass is 10.0. The molecule has 0 saturated carbocycles. The molecule has 3 aromatic rings. The van der Waals surface area contributed by atoms with Gasteiger partial charge in [0, 0.05) is 5.69 Å². The van der Waals surface area contributed by atoms with E-state index >= 15 is 0 Å². The fourth-order valence-corrected chi connectivity index (χ4v) is 3.15. The first kappa shape index (κ1) is 20.1. The number of fused-ring (bicyclic) bond motifs is 1. The summed E-state index contributed by atoms with van der Waals surface area (Å²) in [6.45, 7) is 5.26. The summed E-state index contributed by atoms with van der Waals surface area (Å²) in [5, 5.41) is 6.37. The van der Waals surface area contributed by atoms with Gasteiger partial charge in [-0.2, -0.15) is 18.3 Å². The molecule has 2 heterocycles. The maximum absolute atomic E-state index is 13.3. The molecule has 0 aliphatic carbocycles. The molecule has 3 rings (SSSR count). The van der Waals surface area contributed by atoms with E-state index in [4.69, 9.17) is 11.6 Å². The van der Waals surface area contributed by atoms with E-state index in [-0.39, 0.29) is 28.1 Å². The first-order chi connectivity index (χ1) is 13.1. The van der Waals surface area contributed by atoms with E-state index in [0.29, 0.717) is 10.9 Å². The van der Waals surface area contributed by atoms with Crippen LogP contribution in [0.15, 0.2) is 30.3 Å². The van der Waals surface area contributed by atoms with E-state index in [2.05, 4.69) is 15.4 Å². The van der Waals surface area contributed by atoms with Gasteiger partial charge in [-0.25, -0.2) is 9.50 Å². The fraction of sp³-hybridized carbons (Fsp3) is 0.316. The average Bonchev–Trinajstić information content (AvgIpc) is 2.96. The number of hydrogen-bond acceptors (Lipinski definition) is 3. The summed E-state index contributed by atoms with van der Waals surface area (Å²) < 4.78 is 40.5. The van der Waals surface area contributed by atoms with Crippen molar-refractivity contribution in [3.05, 3.63) is 63.6 Å². The van der Waals surface area contributed by atoms with Crippen LogP contribution in [0.4, 0.5) is 13.2 Å². The standard InChI is InChI=1S/C19H18ClF3N4O/c1-4-13(12-7-5-10(2)6-8-12)25-18(28)16-15(20)17-24-11(3)9-14(19(21,22)23)27(17)26-16/h5-9,13H,4H2,1-3H3,(H,25,28). The van der Waals surface area contributed by atoms with Crippen LogP contribution in [0.25, 0.3) is 5.65 Å². The van der Waals surface area contributed by atoms with E-state index in [1.165, 1.54) is 6.92 Å². The van der Waals surface area contributed by atoms with Gasteiger partial charge in [0.1, 0.15) is 10.7 Å². The first-order valence-corrected chi connectivity index (χ1v) is 9.00. The zero-order valence-electron chi connectivity index (χ0n) is 15.4. The molecule has 1 N–H and O–H groups in total. The van der Waals surface area contributed by atoms with E-state index in [9.17, 15) is 18.0 Å².